The van der Waals surface area contributed by atoms with Gasteiger partial charge in [0.05, 0.1) is 18.2 Å². The van der Waals surface area contributed by atoms with E-state index in [1.807, 2.05) is 13.8 Å². The summed E-state index contributed by atoms with van der Waals surface area (Å²) in [7, 11) is 0. The summed E-state index contributed by atoms with van der Waals surface area (Å²) < 4.78 is 15.8. The molecule has 0 aliphatic rings. The molecule has 0 radical (unpaired) electrons. The van der Waals surface area contributed by atoms with Crippen LogP contribution in [0.15, 0.2) is 36.4 Å². The summed E-state index contributed by atoms with van der Waals surface area (Å²) in [6.07, 6.45) is 0. The van der Waals surface area contributed by atoms with E-state index in [9.17, 15) is 14.4 Å². The van der Waals surface area contributed by atoms with E-state index in [-0.39, 0.29) is 10.6 Å². The first-order chi connectivity index (χ1) is 14.3. The van der Waals surface area contributed by atoms with Crippen LogP contribution >= 0.6 is 23.2 Å². The molecule has 0 spiro atoms. The number of nitrogens with one attached hydrogen (secondary N) is 1. The lowest BCUT2D eigenvalue weighted by Gasteiger charge is -2.12. The number of carbonyl (C=O) groups excluding carboxylic acids is 3. The first-order valence-corrected chi connectivity index (χ1v) is 9.93. The lowest BCUT2D eigenvalue weighted by atomic mass is 10.1. The van der Waals surface area contributed by atoms with Crippen LogP contribution in [0, 0.1) is 0 Å². The molecule has 30 heavy (non-hydrogen) atoms. The summed E-state index contributed by atoms with van der Waals surface area (Å²) in [6, 6.07) is 9.09. The molecule has 0 saturated heterocycles. The maximum Gasteiger partial charge on any atom is 0.325 e. The SMILES string of the molecule is CCOc1ccc(C(=O)NCC(=O)OCC(=O)c2ccc(Cl)cc2Cl)cc1OCC. The quantitative estimate of drug-likeness (QED) is 0.432. The first-order valence-electron chi connectivity index (χ1n) is 9.17. The van der Waals surface area contributed by atoms with Gasteiger partial charge in [-0.1, -0.05) is 23.2 Å². The average Bonchev–Trinajstić information content (AvgIpc) is 2.71. The van der Waals surface area contributed by atoms with Crippen molar-refractivity contribution in [2.24, 2.45) is 0 Å². The zero-order valence-corrected chi connectivity index (χ0v) is 18.0. The molecule has 0 aliphatic heterocycles. The first kappa shape index (κ1) is 23.5. The Morgan fingerprint density at radius 1 is 0.933 bits per heavy atom. The minimum atomic E-state index is -0.766. The molecule has 0 bridgehead atoms. The van der Waals surface area contributed by atoms with E-state index in [1.165, 1.54) is 24.3 Å². The van der Waals surface area contributed by atoms with Gasteiger partial charge in [0.25, 0.3) is 5.91 Å². The van der Waals surface area contributed by atoms with Crippen LogP contribution in [-0.4, -0.2) is 44.0 Å². The minimum Gasteiger partial charge on any atom is -0.490 e. The van der Waals surface area contributed by atoms with Gasteiger partial charge in [-0.05, 0) is 50.2 Å². The maximum absolute atomic E-state index is 12.3. The summed E-state index contributed by atoms with van der Waals surface area (Å²) in [4.78, 5) is 36.3. The van der Waals surface area contributed by atoms with E-state index < -0.39 is 30.8 Å². The molecule has 9 heteroatoms. The third-order valence-corrected chi connectivity index (χ3v) is 4.34. The summed E-state index contributed by atoms with van der Waals surface area (Å²) in [5.74, 6) is -0.792. The second-order valence-electron chi connectivity index (χ2n) is 5.92. The van der Waals surface area contributed by atoms with Crippen LogP contribution in [-0.2, 0) is 9.53 Å². The molecule has 2 rings (SSSR count). The van der Waals surface area contributed by atoms with E-state index in [0.717, 1.165) is 0 Å². The van der Waals surface area contributed by atoms with Gasteiger partial charge in [0.15, 0.2) is 18.1 Å². The number of hydrogen-bond donors (Lipinski definition) is 1. The van der Waals surface area contributed by atoms with E-state index >= 15 is 0 Å². The fourth-order valence-electron chi connectivity index (χ4n) is 2.44. The number of halogens is 2. The monoisotopic (exact) mass is 453 g/mol. The van der Waals surface area contributed by atoms with Crippen LogP contribution in [0.2, 0.25) is 10.0 Å². The Morgan fingerprint density at radius 2 is 1.63 bits per heavy atom. The number of rotatable bonds is 10. The van der Waals surface area contributed by atoms with Gasteiger partial charge in [0.2, 0.25) is 5.78 Å². The third kappa shape index (κ3) is 6.64. The molecule has 1 amide bonds. The average molecular weight is 454 g/mol. The Balaban J connectivity index is 1.89. The lowest BCUT2D eigenvalue weighted by molar-refractivity contribution is -0.141. The Labute approximate surface area is 184 Å². The molecule has 0 aliphatic carbocycles. The number of ether oxygens (including phenoxy) is 3. The number of hydrogen-bond acceptors (Lipinski definition) is 6. The van der Waals surface area contributed by atoms with E-state index in [2.05, 4.69) is 5.32 Å². The largest absolute Gasteiger partial charge is 0.490 e. The predicted octanol–water partition coefficient (Wildman–Crippen LogP) is 3.95. The van der Waals surface area contributed by atoms with Crippen LogP contribution in [0.5, 0.6) is 11.5 Å². The normalized spacial score (nSPS) is 10.3. The van der Waals surface area contributed by atoms with Gasteiger partial charge in [-0.2, -0.15) is 0 Å². The summed E-state index contributed by atoms with van der Waals surface area (Å²) >= 11 is 11.7. The number of carbonyl (C=O) groups is 3. The maximum atomic E-state index is 12.3. The fourth-order valence-corrected chi connectivity index (χ4v) is 2.95. The van der Waals surface area contributed by atoms with Crippen molar-refractivity contribution in [3.8, 4) is 11.5 Å². The summed E-state index contributed by atoms with van der Waals surface area (Å²) in [5.41, 5.74) is 0.481. The standard InChI is InChI=1S/C21H21Cl2NO6/c1-3-28-18-8-5-13(9-19(18)29-4-2)21(27)24-11-20(26)30-12-17(25)15-7-6-14(22)10-16(15)23/h5-10H,3-4,11-12H2,1-2H3,(H,24,27). The smallest absolute Gasteiger partial charge is 0.325 e. The zero-order chi connectivity index (χ0) is 22.1. The van der Waals surface area contributed by atoms with Crippen molar-refractivity contribution in [3.05, 3.63) is 57.6 Å². The highest BCUT2D eigenvalue weighted by atomic mass is 35.5. The van der Waals surface area contributed by atoms with Gasteiger partial charge >= 0.3 is 5.97 Å². The van der Waals surface area contributed by atoms with Crippen molar-refractivity contribution in [2.45, 2.75) is 13.8 Å². The van der Waals surface area contributed by atoms with Crippen molar-refractivity contribution in [1.82, 2.24) is 5.32 Å². The Hall–Kier alpha value is -2.77. The Bertz CT molecular complexity index is 932. The van der Waals surface area contributed by atoms with Gasteiger partial charge in [0, 0.05) is 16.1 Å². The van der Waals surface area contributed by atoms with Gasteiger partial charge in [0.1, 0.15) is 6.54 Å². The molecule has 2 aromatic carbocycles. The van der Waals surface area contributed by atoms with Crippen molar-refractivity contribution >= 4 is 40.9 Å². The van der Waals surface area contributed by atoms with Crippen molar-refractivity contribution in [2.75, 3.05) is 26.4 Å². The second-order valence-corrected chi connectivity index (χ2v) is 6.76. The van der Waals surface area contributed by atoms with Crippen LogP contribution in [0.4, 0.5) is 0 Å². The van der Waals surface area contributed by atoms with Crippen LogP contribution < -0.4 is 14.8 Å². The molecule has 1 N–H and O–H groups in total. The van der Waals surface area contributed by atoms with E-state index in [1.54, 1.807) is 12.1 Å². The van der Waals surface area contributed by atoms with Gasteiger partial charge in [-0.25, -0.2) is 0 Å². The number of ketones is 1. The molecule has 0 aromatic heterocycles. The number of esters is 1. The molecule has 0 fully saturated rings. The molecule has 0 heterocycles. The summed E-state index contributed by atoms with van der Waals surface area (Å²) in [5, 5.41) is 2.99. The molecule has 7 nitrogen and oxygen atoms in total. The predicted molar refractivity (Wildman–Crippen MR) is 113 cm³/mol. The molecule has 2 aromatic rings. The topological polar surface area (TPSA) is 90.9 Å². The second kappa shape index (κ2) is 11.4. The molecule has 0 saturated carbocycles. The Kier molecular flexibility index (Phi) is 8.95. The highest BCUT2D eigenvalue weighted by molar-refractivity contribution is 6.36. The fraction of sp³-hybridized carbons (Fsp3) is 0.286. The van der Waals surface area contributed by atoms with Crippen LogP contribution in [0.3, 0.4) is 0 Å². The molecule has 0 unspecified atom stereocenters. The molecule has 160 valence electrons. The number of Topliss-reactive ketones (excluding diaryl/α,β-unsaturated/α-hetero) is 1. The van der Waals surface area contributed by atoms with E-state index in [4.69, 9.17) is 37.4 Å². The van der Waals surface area contributed by atoms with Gasteiger partial charge < -0.3 is 19.5 Å². The molecule has 0 atom stereocenters. The van der Waals surface area contributed by atoms with Crippen molar-refractivity contribution < 1.29 is 28.6 Å². The minimum absolute atomic E-state index is 0.164. The summed E-state index contributed by atoms with van der Waals surface area (Å²) in [6.45, 7) is 3.61. The number of amides is 1. The molecular weight excluding hydrogens is 433 g/mol. The Morgan fingerprint density at radius 3 is 2.30 bits per heavy atom. The molecular formula is C21H21Cl2NO6. The zero-order valence-electron chi connectivity index (χ0n) is 16.5. The van der Waals surface area contributed by atoms with Crippen LogP contribution in [0.1, 0.15) is 34.6 Å². The highest BCUT2D eigenvalue weighted by Gasteiger charge is 2.16. The van der Waals surface area contributed by atoms with Gasteiger partial charge in [-0.15, -0.1) is 0 Å². The van der Waals surface area contributed by atoms with Crippen molar-refractivity contribution in [3.63, 3.8) is 0 Å². The van der Waals surface area contributed by atoms with Gasteiger partial charge in [-0.3, -0.25) is 14.4 Å². The third-order valence-electron chi connectivity index (χ3n) is 3.79. The number of benzene rings is 2. The van der Waals surface area contributed by atoms with E-state index in [0.29, 0.717) is 35.3 Å². The van der Waals surface area contributed by atoms with Crippen LogP contribution in [0.25, 0.3) is 0 Å². The lowest BCUT2D eigenvalue weighted by Crippen LogP contribution is -2.31. The van der Waals surface area contributed by atoms with Crippen molar-refractivity contribution in [1.29, 1.82) is 0 Å². The highest BCUT2D eigenvalue weighted by Crippen LogP contribution is 2.28.